The topological polar surface area (TPSA) is 88.9 Å². The summed E-state index contributed by atoms with van der Waals surface area (Å²) in [5, 5.41) is 3.99. The minimum Gasteiger partial charge on any atom is -0.273 e. The van der Waals surface area contributed by atoms with Gasteiger partial charge in [0.1, 0.15) is 18.5 Å². The van der Waals surface area contributed by atoms with Crippen LogP contribution in [-0.2, 0) is 11.2 Å². The Morgan fingerprint density at radius 3 is 2.36 bits per heavy atom. The molecule has 7 nitrogen and oxygen atoms in total. The maximum Gasteiger partial charge on any atom is 0.269 e. The molecule has 3 rings (SSSR count). The zero-order chi connectivity index (χ0) is 17.6. The van der Waals surface area contributed by atoms with Gasteiger partial charge in [0, 0.05) is 5.56 Å². The average Bonchev–Trinajstić information content (AvgIpc) is 3.16. The van der Waals surface area contributed by atoms with E-state index in [1.807, 2.05) is 0 Å². The van der Waals surface area contributed by atoms with Crippen LogP contribution in [0.5, 0.6) is 0 Å². The molecule has 0 aliphatic heterocycles. The van der Waals surface area contributed by atoms with Gasteiger partial charge in [0.25, 0.3) is 5.91 Å². The van der Waals surface area contributed by atoms with E-state index in [9.17, 15) is 14.0 Å². The summed E-state index contributed by atoms with van der Waals surface area (Å²) in [6.07, 6.45) is 2.99. The molecular weight excluding hydrogens is 325 g/mol. The Balaban J connectivity index is 1.53. The molecule has 1 aromatic heterocycles. The van der Waals surface area contributed by atoms with Crippen molar-refractivity contribution in [2.75, 3.05) is 0 Å². The van der Waals surface area contributed by atoms with E-state index in [1.165, 1.54) is 30.6 Å². The Hall–Kier alpha value is -3.55. The van der Waals surface area contributed by atoms with E-state index in [0.717, 1.165) is 5.69 Å². The van der Waals surface area contributed by atoms with E-state index < -0.39 is 11.8 Å². The summed E-state index contributed by atoms with van der Waals surface area (Å²) < 4.78 is 14.4. The van der Waals surface area contributed by atoms with Crippen LogP contribution < -0.4 is 10.9 Å². The van der Waals surface area contributed by atoms with Crippen LogP contribution in [0.15, 0.2) is 61.2 Å². The number of rotatable bonds is 4. The SMILES string of the molecule is O=C(Cc1ccc(F)cc1)NNC(=O)c1ccc(-n2cncn2)cc1. The first kappa shape index (κ1) is 16.3. The lowest BCUT2D eigenvalue weighted by atomic mass is 10.1. The number of nitrogens with zero attached hydrogens (tertiary/aromatic N) is 3. The van der Waals surface area contributed by atoms with Crippen LogP contribution in [0.25, 0.3) is 5.69 Å². The molecule has 0 aliphatic carbocycles. The third-order valence-electron chi connectivity index (χ3n) is 3.41. The summed E-state index contributed by atoms with van der Waals surface area (Å²) in [7, 11) is 0. The standard InChI is InChI=1S/C17H14FN5O2/c18-14-5-1-12(2-6-14)9-16(24)21-22-17(25)13-3-7-15(8-4-13)23-11-19-10-20-23/h1-8,10-11H,9H2,(H,21,24)(H,22,25). The molecule has 0 fully saturated rings. The van der Waals surface area contributed by atoms with Crippen molar-refractivity contribution in [2.45, 2.75) is 6.42 Å². The van der Waals surface area contributed by atoms with Gasteiger partial charge in [-0.15, -0.1) is 0 Å². The first-order valence-corrected chi connectivity index (χ1v) is 7.40. The number of carbonyl (C=O) groups is 2. The smallest absolute Gasteiger partial charge is 0.269 e. The number of amides is 2. The lowest BCUT2D eigenvalue weighted by molar-refractivity contribution is -0.121. The maximum absolute atomic E-state index is 12.8. The van der Waals surface area contributed by atoms with Gasteiger partial charge in [0.2, 0.25) is 5.91 Å². The number of aromatic nitrogens is 3. The van der Waals surface area contributed by atoms with E-state index in [-0.39, 0.29) is 12.2 Å². The van der Waals surface area contributed by atoms with Crippen LogP contribution in [0.1, 0.15) is 15.9 Å². The second-order valence-corrected chi connectivity index (χ2v) is 5.19. The molecule has 0 saturated heterocycles. The Kier molecular flexibility index (Phi) is 4.79. The zero-order valence-corrected chi connectivity index (χ0v) is 13.0. The van der Waals surface area contributed by atoms with Gasteiger partial charge in [-0.1, -0.05) is 12.1 Å². The maximum atomic E-state index is 12.8. The summed E-state index contributed by atoms with van der Waals surface area (Å²) in [5.74, 6) is -1.22. The van der Waals surface area contributed by atoms with Gasteiger partial charge in [-0.25, -0.2) is 14.1 Å². The van der Waals surface area contributed by atoms with E-state index in [0.29, 0.717) is 11.1 Å². The van der Waals surface area contributed by atoms with Crippen molar-refractivity contribution in [1.29, 1.82) is 0 Å². The van der Waals surface area contributed by atoms with Crippen molar-refractivity contribution < 1.29 is 14.0 Å². The van der Waals surface area contributed by atoms with Crippen LogP contribution in [-0.4, -0.2) is 26.6 Å². The summed E-state index contributed by atoms with van der Waals surface area (Å²) in [6.45, 7) is 0. The molecule has 0 bridgehead atoms. The minimum absolute atomic E-state index is 0.0335. The van der Waals surface area contributed by atoms with E-state index in [1.54, 1.807) is 35.3 Å². The lowest BCUT2D eigenvalue weighted by Crippen LogP contribution is -2.42. The van der Waals surface area contributed by atoms with Gasteiger partial charge in [-0.2, -0.15) is 5.10 Å². The van der Waals surface area contributed by atoms with Crippen molar-refractivity contribution in [1.82, 2.24) is 25.6 Å². The largest absolute Gasteiger partial charge is 0.273 e. The Morgan fingerprint density at radius 1 is 1.00 bits per heavy atom. The Bertz CT molecular complexity index is 861. The van der Waals surface area contributed by atoms with E-state index >= 15 is 0 Å². The van der Waals surface area contributed by atoms with Crippen LogP contribution in [0, 0.1) is 5.82 Å². The quantitative estimate of drug-likeness (QED) is 0.704. The fraction of sp³-hybridized carbons (Fsp3) is 0.0588. The number of hydrogen-bond donors (Lipinski definition) is 2. The highest BCUT2D eigenvalue weighted by molar-refractivity contribution is 5.95. The van der Waals surface area contributed by atoms with Gasteiger partial charge < -0.3 is 0 Å². The first-order chi connectivity index (χ1) is 12.1. The molecule has 8 heteroatoms. The summed E-state index contributed by atoms with van der Waals surface area (Å²) in [6, 6.07) is 12.2. The fourth-order valence-corrected chi connectivity index (χ4v) is 2.14. The van der Waals surface area contributed by atoms with E-state index in [2.05, 4.69) is 20.9 Å². The van der Waals surface area contributed by atoms with Gasteiger partial charge in [-0.3, -0.25) is 20.4 Å². The van der Waals surface area contributed by atoms with Crippen molar-refractivity contribution in [3.63, 3.8) is 0 Å². The van der Waals surface area contributed by atoms with Gasteiger partial charge in [0.15, 0.2) is 0 Å². The molecule has 0 spiro atoms. The van der Waals surface area contributed by atoms with Crippen LogP contribution in [0.4, 0.5) is 4.39 Å². The normalized spacial score (nSPS) is 10.3. The Labute approximate surface area is 142 Å². The van der Waals surface area contributed by atoms with Crippen LogP contribution >= 0.6 is 0 Å². The highest BCUT2D eigenvalue weighted by Crippen LogP contribution is 2.08. The molecule has 0 aliphatic rings. The van der Waals surface area contributed by atoms with Crippen molar-refractivity contribution in [3.8, 4) is 5.69 Å². The summed E-state index contributed by atoms with van der Waals surface area (Å²) in [4.78, 5) is 27.7. The molecule has 0 saturated carbocycles. The molecule has 25 heavy (non-hydrogen) atoms. The number of halogens is 1. The molecule has 0 radical (unpaired) electrons. The second kappa shape index (κ2) is 7.35. The third-order valence-corrected chi connectivity index (χ3v) is 3.41. The predicted molar refractivity (Wildman–Crippen MR) is 87.1 cm³/mol. The number of carbonyl (C=O) groups excluding carboxylic acids is 2. The Morgan fingerprint density at radius 2 is 1.72 bits per heavy atom. The number of nitrogens with one attached hydrogen (secondary N) is 2. The number of hydrogen-bond acceptors (Lipinski definition) is 4. The number of hydrazine groups is 1. The molecule has 3 aromatic rings. The molecule has 126 valence electrons. The first-order valence-electron chi connectivity index (χ1n) is 7.40. The fourth-order valence-electron chi connectivity index (χ4n) is 2.14. The highest BCUT2D eigenvalue weighted by Gasteiger charge is 2.08. The second-order valence-electron chi connectivity index (χ2n) is 5.19. The molecule has 0 unspecified atom stereocenters. The molecule has 2 N–H and O–H groups in total. The molecule has 0 atom stereocenters. The molecule has 2 amide bonds. The van der Waals surface area contributed by atoms with Gasteiger partial charge in [0.05, 0.1) is 12.1 Å². The lowest BCUT2D eigenvalue weighted by Gasteiger charge is -2.08. The average molecular weight is 339 g/mol. The van der Waals surface area contributed by atoms with Crippen molar-refractivity contribution in [2.24, 2.45) is 0 Å². The molecular formula is C17H14FN5O2. The van der Waals surface area contributed by atoms with Gasteiger partial charge in [-0.05, 0) is 42.0 Å². The summed E-state index contributed by atoms with van der Waals surface area (Å²) >= 11 is 0. The molecule has 2 aromatic carbocycles. The van der Waals surface area contributed by atoms with E-state index in [4.69, 9.17) is 0 Å². The minimum atomic E-state index is -0.447. The van der Waals surface area contributed by atoms with Crippen LogP contribution in [0.3, 0.4) is 0 Å². The zero-order valence-electron chi connectivity index (χ0n) is 13.0. The predicted octanol–water partition coefficient (Wildman–Crippen LogP) is 1.41. The number of benzene rings is 2. The van der Waals surface area contributed by atoms with Crippen molar-refractivity contribution >= 4 is 11.8 Å². The summed E-state index contributed by atoms with van der Waals surface area (Å²) in [5.41, 5.74) is 6.45. The highest BCUT2D eigenvalue weighted by atomic mass is 19.1. The van der Waals surface area contributed by atoms with Crippen molar-refractivity contribution in [3.05, 3.63) is 78.1 Å². The third kappa shape index (κ3) is 4.25. The monoisotopic (exact) mass is 339 g/mol. The van der Waals surface area contributed by atoms with Crippen LogP contribution in [0.2, 0.25) is 0 Å². The molecule has 1 heterocycles. The van der Waals surface area contributed by atoms with Gasteiger partial charge >= 0.3 is 0 Å².